The van der Waals surface area contributed by atoms with Crippen LogP contribution in [0.4, 0.5) is 0 Å². The van der Waals surface area contributed by atoms with Crippen LogP contribution in [0.3, 0.4) is 0 Å². The summed E-state index contributed by atoms with van der Waals surface area (Å²) in [7, 11) is 0. The van der Waals surface area contributed by atoms with E-state index in [0.717, 1.165) is 31.8 Å². The van der Waals surface area contributed by atoms with E-state index in [1.807, 2.05) is 26.2 Å². The van der Waals surface area contributed by atoms with Gasteiger partial charge in [-0.3, -0.25) is 0 Å². The predicted octanol–water partition coefficient (Wildman–Crippen LogP) is 2.71. The molecule has 0 amide bonds. The van der Waals surface area contributed by atoms with Crippen molar-refractivity contribution in [3.8, 4) is 6.07 Å². The SMILES string of the molecule is CC(C)NCc1nccn1CCCC(C)(C)C#N. The maximum absolute atomic E-state index is 8.97. The molecule has 0 saturated carbocycles. The molecule has 0 atom stereocenters. The summed E-state index contributed by atoms with van der Waals surface area (Å²) in [6.45, 7) is 9.96. The Morgan fingerprint density at radius 2 is 2.22 bits per heavy atom. The fourth-order valence-corrected chi connectivity index (χ4v) is 1.75. The molecule has 1 rings (SSSR count). The first kappa shape index (κ1) is 14.7. The molecular weight excluding hydrogens is 224 g/mol. The van der Waals surface area contributed by atoms with Crippen molar-refractivity contribution in [2.75, 3.05) is 0 Å². The van der Waals surface area contributed by atoms with Crippen LogP contribution in [0.15, 0.2) is 12.4 Å². The standard InChI is InChI=1S/C14H24N4/c1-12(2)17-10-13-16-7-9-18(13)8-5-6-14(3,4)11-15/h7,9,12,17H,5-6,8,10H2,1-4H3. The number of rotatable bonds is 7. The van der Waals surface area contributed by atoms with Gasteiger partial charge in [-0.2, -0.15) is 5.26 Å². The molecule has 1 aromatic heterocycles. The molecule has 4 nitrogen and oxygen atoms in total. The number of nitrogens with zero attached hydrogens (tertiary/aromatic N) is 3. The number of hydrogen-bond donors (Lipinski definition) is 1. The van der Waals surface area contributed by atoms with Gasteiger partial charge < -0.3 is 9.88 Å². The Balaban J connectivity index is 2.43. The third kappa shape index (κ3) is 4.89. The Kier molecular flexibility index (Phi) is 5.36. The van der Waals surface area contributed by atoms with Crippen molar-refractivity contribution in [2.24, 2.45) is 5.41 Å². The molecular formula is C14H24N4. The van der Waals surface area contributed by atoms with Gasteiger partial charge in [0.25, 0.3) is 0 Å². The van der Waals surface area contributed by atoms with Crippen molar-refractivity contribution in [1.82, 2.24) is 14.9 Å². The first-order valence-electron chi connectivity index (χ1n) is 6.59. The van der Waals surface area contributed by atoms with Gasteiger partial charge in [0.05, 0.1) is 18.0 Å². The highest BCUT2D eigenvalue weighted by Crippen LogP contribution is 2.21. The lowest BCUT2D eigenvalue weighted by Crippen LogP contribution is -2.24. The fraction of sp³-hybridized carbons (Fsp3) is 0.714. The van der Waals surface area contributed by atoms with Crippen molar-refractivity contribution in [3.63, 3.8) is 0 Å². The smallest absolute Gasteiger partial charge is 0.122 e. The summed E-state index contributed by atoms with van der Waals surface area (Å²) in [5.41, 5.74) is -0.225. The van der Waals surface area contributed by atoms with E-state index in [-0.39, 0.29) is 5.41 Å². The Labute approximate surface area is 110 Å². The maximum Gasteiger partial charge on any atom is 0.122 e. The minimum absolute atomic E-state index is 0.225. The van der Waals surface area contributed by atoms with Crippen LogP contribution < -0.4 is 5.32 Å². The first-order chi connectivity index (χ1) is 8.44. The zero-order chi connectivity index (χ0) is 13.6. The van der Waals surface area contributed by atoms with E-state index >= 15 is 0 Å². The molecule has 0 aliphatic rings. The number of nitrogens with one attached hydrogen (secondary N) is 1. The third-order valence-corrected chi connectivity index (χ3v) is 2.97. The van der Waals surface area contributed by atoms with Gasteiger partial charge in [0.2, 0.25) is 0 Å². The molecule has 18 heavy (non-hydrogen) atoms. The number of nitriles is 1. The number of imidazole rings is 1. The Morgan fingerprint density at radius 1 is 1.50 bits per heavy atom. The largest absolute Gasteiger partial charge is 0.334 e. The second-order valence-corrected chi connectivity index (χ2v) is 5.67. The molecule has 0 aromatic carbocycles. The van der Waals surface area contributed by atoms with Crippen molar-refractivity contribution >= 4 is 0 Å². The molecule has 0 radical (unpaired) electrons. The highest BCUT2D eigenvalue weighted by Gasteiger charge is 2.15. The average molecular weight is 248 g/mol. The lowest BCUT2D eigenvalue weighted by atomic mass is 9.90. The van der Waals surface area contributed by atoms with Crippen LogP contribution in [0.2, 0.25) is 0 Å². The minimum atomic E-state index is -0.225. The predicted molar refractivity (Wildman–Crippen MR) is 72.8 cm³/mol. The second-order valence-electron chi connectivity index (χ2n) is 5.67. The second kappa shape index (κ2) is 6.55. The number of hydrogen-bond acceptors (Lipinski definition) is 3. The van der Waals surface area contributed by atoms with Crippen LogP contribution in [0.25, 0.3) is 0 Å². The van der Waals surface area contributed by atoms with Gasteiger partial charge in [-0.15, -0.1) is 0 Å². The molecule has 1 N–H and O–H groups in total. The Bertz CT molecular complexity index is 398. The molecule has 0 saturated heterocycles. The zero-order valence-corrected chi connectivity index (χ0v) is 11.9. The van der Waals surface area contributed by atoms with Crippen molar-refractivity contribution in [3.05, 3.63) is 18.2 Å². The summed E-state index contributed by atoms with van der Waals surface area (Å²) < 4.78 is 2.17. The van der Waals surface area contributed by atoms with Gasteiger partial charge in [0.15, 0.2) is 0 Å². The molecule has 0 fully saturated rings. The minimum Gasteiger partial charge on any atom is -0.334 e. The lowest BCUT2D eigenvalue weighted by molar-refractivity contribution is 0.411. The van der Waals surface area contributed by atoms with Crippen molar-refractivity contribution in [2.45, 2.75) is 59.7 Å². The van der Waals surface area contributed by atoms with Crippen LogP contribution >= 0.6 is 0 Å². The molecule has 0 aliphatic carbocycles. The zero-order valence-electron chi connectivity index (χ0n) is 11.9. The highest BCUT2D eigenvalue weighted by atomic mass is 15.1. The maximum atomic E-state index is 8.97. The van der Waals surface area contributed by atoms with Crippen LogP contribution in [-0.2, 0) is 13.1 Å². The monoisotopic (exact) mass is 248 g/mol. The van der Waals surface area contributed by atoms with Crippen molar-refractivity contribution in [1.29, 1.82) is 5.26 Å². The molecule has 1 aromatic rings. The van der Waals surface area contributed by atoms with Gasteiger partial charge in [-0.05, 0) is 26.7 Å². The summed E-state index contributed by atoms with van der Waals surface area (Å²) in [6.07, 6.45) is 5.77. The van der Waals surface area contributed by atoms with Crippen molar-refractivity contribution < 1.29 is 0 Å². The highest BCUT2D eigenvalue weighted by molar-refractivity contribution is 4.94. The van der Waals surface area contributed by atoms with E-state index in [4.69, 9.17) is 5.26 Å². The number of aryl methyl sites for hydroxylation is 1. The summed E-state index contributed by atoms with van der Waals surface area (Å²) in [6, 6.07) is 2.80. The molecule has 0 unspecified atom stereocenters. The van der Waals surface area contributed by atoms with E-state index in [9.17, 15) is 0 Å². The summed E-state index contributed by atoms with van der Waals surface area (Å²) >= 11 is 0. The van der Waals surface area contributed by atoms with Gasteiger partial charge >= 0.3 is 0 Å². The van der Waals surface area contributed by atoms with Gasteiger partial charge in [-0.25, -0.2) is 4.98 Å². The lowest BCUT2D eigenvalue weighted by Gasteiger charge is -2.15. The topological polar surface area (TPSA) is 53.6 Å². The molecule has 1 heterocycles. The fourth-order valence-electron chi connectivity index (χ4n) is 1.75. The first-order valence-corrected chi connectivity index (χ1v) is 6.59. The summed E-state index contributed by atoms with van der Waals surface area (Å²) in [5.74, 6) is 1.07. The van der Waals surface area contributed by atoms with Gasteiger partial charge in [-0.1, -0.05) is 13.8 Å². The average Bonchev–Trinajstić information content (AvgIpc) is 2.74. The van der Waals surface area contributed by atoms with Crippen LogP contribution in [0, 0.1) is 16.7 Å². The van der Waals surface area contributed by atoms with Crippen LogP contribution in [0.5, 0.6) is 0 Å². The Hall–Kier alpha value is -1.34. The normalized spacial score (nSPS) is 11.8. The van der Waals surface area contributed by atoms with Gasteiger partial charge in [0.1, 0.15) is 5.82 Å². The van der Waals surface area contributed by atoms with E-state index < -0.39 is 0 Å². The molecule has 100 valence electrons. The molecule has 4 heteroatoms. The summed E-state index contributed by atoms with van der Waals surface area (Å²) in [5, 5.41) is 12.3. The van der Waals surface area contributed by atoms with Gasteiger partial charge in [0, 0.05) is 25.0 Å². The van der Waals surface area contributed by atoms with E-state index in [1.165, 1.54) is 0 Å². The van der Waals surface area contributed by atoms with E-state index in [0.29, 0.717) is 6.04 Å². The Morgan fingerprint density at radius 3 is 2.83 bits per heavy atom. The molecule has 0 spiro atoms. The summed E-state index contributed by atoms with van der Waals surface area (Å²) in [4.78, 5) is 4.36. The van der Waals surface area contributed by atoms with E-state index in [2.05, 4.69) is 34.8 Å². The third-order valence-electron chi connectivity index (χ3n) is 2.97. The van der Waals surface area contributed by atoms with Crippen LogP contribution in [0.1, 0.15) is 46.4 Å². The van der Waals surface area contributed by atoms with Crippen LogP contribution in [-0.4, -0.2) is 15.6 Å². The van der Waals surface area contributed by atoms with E-state index in [1.54, 1.807) is 0 Å². The number of aromatic nitrogens is 2. The molecule has 0 aliphatic heterocycles. The molecule has 0 bridgehead atoms. The quantitative estimate of drug-likeness (QED) is 0.807.